The number of amides is 2. The van der Waals surface area contributed by atoms with Gasteiger partial charge in [-0.05, 0) is 42.5 Å². The van der Waals surface area contributed by atoms with Crippen molar-refractivity contribution in [3.63, 3.8) is 0 Å². The number of rotatable bonds is 6. The zero-order valence-corrected chi connectivity index (χ0v) is 14.0. The van der Waals surface area contributed by atoms with Crippen molar-refractivity contribution < 1.29 is 31.9 Å². The average molecular weight is 385 g/mol. The molecular formula is C17H15F4N3O3. The summed E-state index contributed by atoms with van der Waals surface area (Å²) >= 11 is 0. The molecule has 0 unspecified atom stereocenters. The van der Waals surface area contributed by atoms with Crippen molar-refractivity contribution >= 4 is 28.9 Å². The second kappa shape index (κ2) is 8.39. The Bertz CT molecular complexity index is 823. The number of nitrogens with one attached hydrogen (secondary N) is 3. The highest BCUT2D eigenvalue weighted by Crippen LogP contribution is 2.24. The third kappa shape index (κ3) is 6.84. The normalized spacial score (nSPS) is 10.9. The van der Waals surface area contributed by atoms with Gasteiger partial charge in [0.2, 0.25) is 11.8 Å². The predicted octanol–water partition coefficient (Wildman–Crippen LogP) is 3.73. The molecule has 0 fully saturated rings. The molecule has 0 aliphatic carbocycles. The lowest BCUT2D eigenvalue weighted by Gasteiger charge is -2.11. The molecule has 0 bridgehead atoms. The summed E-state index contributed by atoms with van der Waals surface area (Å²) in [5.74, 6) is -1.96. The topological polar surface area (TPSA) is 79.5 Å². The number of alkyl halides is 3. The Labute approximate surface area is 151 Å². The van der Waals surface area contributed by atoms with Gasteiger partial charge in [-0.3, -0.25) is 9.59 Å². The van der Waals surface area contributed by atoms with Crippen LogP contribution >= 0.6 is 0 Å². The maximum Gasteiger partial charge on any atom is 0.573 e. The van der Waals surface area contributed by atoms with Gasteiger partial charge in [-0.1, -0.05) is 0 Å². The molecule has 6 nitrogen and oxygen atoms in total. The molecule has 0 saturated heterocycles. The second-order valence-electron chi connectivity index (χ2n) is 5.35. The summed E-state index contributed by atoms with van der Waals surface area (Å²) in [5.41, 5.74) is 0.631. The summed E-state index contributed by atoms with van der Waals surface area (Å²) in [7, 11) is 0. The van der Waals surface area contributed by atoms with Gasteiger partial charge in [0.25, 0.3) is 0 Å². The maximum atomic E-state index is 13.5. The van der Waals surface area contributed by atoms with E-state index in [4.69, 9.17) is 0 Å². The Morgan fingerprint density at radius 1 is 1.00 bits per heavy atom. The summed E-state index contributed by atoms with van der Waals surface area (Å²) in [6.45, 7) is 1.05. The number of anilines is 3. The van der Waals surface area contributed by atoms with E-state index in [0.717, 1.165) is 18.2 Å². The number of hydrogen-bond donors (Lipinski definition) is 3. The molecule has 0 radical (unpaired) electrons. The number of ether oxygens (including phenoxy) is 1. The molecule has 0 aliphatic rings. The van der Waals surface area contributed by atoms with Gasteiger partial charge in [-0.25, -0.2) is 4.39 Å². The van der Waals surface area contributed by atoms with Crippen molar-refractivity contribution in [3.8, 4) is 5.75 Å². The lowest BCUT2D eigenvalue weighted by Crippen LogP contribution is -2.22. The number of halogens is 4. The fraction of sp³-hybridized carbons (Fsp3) is 0.176. The lowest BCUT2D eigenvalue weighted by molar-refractivity contribution is -0.274. The largest absolute Gasteiger partial charge is 0.573 e. The lowest BCUT2D eigenvalue weighted by atomic mass is 10.2. The molecule has 0 spiro atoms. The summed E-state index contributed by atoms with van der Waals surface area (Å²) in [6.07, 6.45) is -4.79. The average Bonchev–Trinajstić information content (AvgIpc) is 2.55. The Hall–Kier alpha value is -3.30. The smallest absolute Gasteiger partial charge is 0.406 e. The van der Waals surface area contributed by atoms with Gasteiger partial charge >= 0.3 is 6.36 Å². The first-order chi connectivity index (χ1) is 12.6. The van der Waals surface area contributed by atoms with Crippen LogP contribution in [-0.2, 0) is 9.59 Å². The zero-order valence-electron chi connectivity index (χ0n) is 14.0. The Balaban J connectivity index is 1.90. The van der Waals surface area contributed by atoms with Gasteiger partial charge < -0.3 is 20.7 Å². The van der Waals surface area contributed by atoms with Gasteiger partial charge in [-0.2, -0.15) is 0 Å². The minimum atomic E-state index is -4.79. The van der Waals surface area contributed by atoms with Crippen LogP contribution < -0.4 is 20.7 Å². The summed E-state index contributed by atoms with van der Waals surface area (Å²) in [6, 6.07) is 8.49. The Morgan fingerprint density at radius 2 is 1.63 bits per heavy atom. The van der Waals surface area contributed by atoms with Gasteiger partial charge in [0, 0.05) is 18.3 Å². The summed E-state index contributed by atoms with van der Waals surface area (Å²) in [4.78, 5) is 22.9. The molecule has 2 aromatic carbocycles. The molecule has 3 N–H and O–H groups in total. The predicted molar refractivity (Wildman–Crippen MR) is 90.9 cm³/mol. The molecule has 144 valence electrons. The highest BCUT2D eigenvalue weighted by Gasteiger charge is 2.30. The fourth-order valence-electron chi connectivity index (χ4n) is 2.05. The third-order valence-electron chi connectivity index (χ3n) is 3.10. The molecule has 0 saturated carbocycles. The van der Waals surface area contributed by atoms with Crippen LogP contribution in [0.15, 0.2) is 42.5 Å². The molecule has 0 atom stereocenters. The quantitative estimate of drug-likeness (QED) is 0.662. The maximum absolute atomic E-state index is 13.5. The molecule has 0 aromatic heterocycles. The van der Waals surface area contributed by atoms with Gasteiger partial charge in [0.05, 0.1) is 12.2 Å². The first kappa shape index (κ1) is 20.0. The van der Waals surface area contributed by atoms with E-state index in [1.807, 2.05) is 0 Å². The van der Waals surface area contributed by atoms with Crippen molar-refractivity contribution in [2.24, 2.45) is 0 Å². The van der Waals surface area contributed by atoms with Gasteiger partial charge in [0.15, 0.2) is 0 Å². The van der Waals surface area contributed by atoms with Crippen LogP contribution in [0.2, 0.25) is 0 Å². The molecular weight excluding hydrogens is 370 g/mol. The molecule has 2 aromatic rings. The van der Waals surface area contributed by atoms with Gasteiger partial charge in [0.1, 0.15) is 11.6 Å². The standard InChI is InChI=1S/C17H15F4N3O3/c1-10(25)23-15-8-12(4-7-14(15)18)22-9-16(26)24-11-2-5-13(6-3-11)27-17(19,20)21/h2-8,22H,9H2,1H3,(H,23,25)(H,24,26). The van der Waals surface area contributed by atoms with E-state index in [1.165, 1.54) is 31.2 Å². The molecule has 2 amide bonds. The summed E-state index contributed by atoms with van der Waals surface area (Å²) in [5, 5.41) is 7.54. The highest BCUT2D eigenvalue weighted by molar-refractivity contribution is 5.94. The van der Waals surface area contributed by atoms with Crippen molar-refractivity contribution in [1.29, 1.82) is 0 Å². The van der Waals surface area contributed by atoms with Crippen LogP contribution in [0.5, 0.6) is 5.75 Å². The van der Waals surface area contributed by atoms with E-state index in [-0.39, 0.29) is 17.9 Å². The first-order valence-electron chi connectivity index (χ1n) is 7.59. The molecule has 27 heavy (non-hydrogen) atoms. The number of benzene rings is 2. The van der Waals surface area contributed by atoms with Crippen LogP contribution in [0.25, 0.3) is 0 Å². The van der Waals surface area contributed by atoms with Crippen molar-refractivity contribution in [2.75, 3.05) is 22.5 Å². The van der Waals surface area contributed by atoms with Crippen LogP contribution in [-0.4, -0.2) is 24.7 Å². The van der Waals surface area contributed by atoms with Gasteiger partial charge in [-0.15, -0.1) is 13.2 Å². The Morgan fingerprint density at radius 3 is 2.22 bits per heavy atom. The third-order valence-corrected chi connectivity index (χ3v) is 3.10. The van der Waals surface area contributed by atoms with E-state index in [9.17, 15) is 27.2 Å². The van der Waals surface area contributed by atoms with Crippen LogP contribution in [0.4, 0.5) is 34.6 Å². The van der Waals surface area contributed by atoms with Crippen LogP contribution in [0, 0.1) is 5.82 Å². The monoisotopic (exact) mass is 385 g/mol. The molecule has 10 heteroatoms. The van der Waals surface area contributed by atoms with Crippen LogP contribution in [0.1, 0.15) is 6.92 Å². The van der Waals surface area contributed by atoms with E-state index >= 15 is 0 Å². The van der Waals surface area contributed by atoms with Crippen molar-refractivity contribution in [3.05, 3.63) is 48.3 Å². The molecule has 0 heterocycles. The van der Waals surface area contributed by atoms with E-state index in [1.54, 1.807) is 0 Å². The zero-order chi connectivity index (χ0) is 20.0. The van der Waals surface area contributed by atoms with Crippen molar-refractivity contribution in [2.45, 2.75) is 13.3 Å². The number of carbonyl (C=O) groups is 2. The number of carbonyl (C=O) groups excluding carboxylic acids is 2. The fourth-order valence-corrected chi connectivity index (χ4v) is 2.05. The van der Waals surface area contributed by atoms with E-state index in [2.05, 4.69) is 20.7 Å². The SMILES string of the molecule is CC(=O)Nc1cc(NCC(=O)Nc2ccc(OC(F)(F)F)cc2)ccc1F. The number of hydrogen-bond acceptors (Lipinski definition) is 4. The van der Waals surface area contributed by atoms with E-state index < -0.39 is 29.7 Å². The van der Waals surface area contributed by atoms with Crippen LogP contribution in [0.3, 0.4) is 0 Å². The summed E-state index contributed by atoms with van der Waals surface area (Å²) < 4.78 is 53.5. The first-order valence-corrected chi connectivity index (χ1v) is 7.59. The van der Waals surface area contributed by atoms with E-state index in [0.29, 0.717) is 5.69 Å². The second-order valence-corrected chi connectivity index (χ2v) is 5.35. The molecule has 2 rings (SSSR count). The molecule has 0 aliphatic heterocycles. The minimum Gasteiger partial charge on any atom is -0.406 e. The highest BCUT2D eigenvalue weighted by atomic mass is 19.4. The van der Waals surface area contributed by atoms with Crippen molar-refractivity contribution in [1.82, 2.24) is 0 Å². The minimum absolute atomic E-state index is 0.0341. The Kier molecular flexibility index (Phi) is 6.22.